The lowest BCUT2D eigenvalue weighted by atomic mass is 10.1. The molecular formula is C19H18O. The summed E-state index contributed by atoms with van der Waals surface area (Å²) >= 11 is 0. The van der Waals surface area contributed by atoms with Crippen molar-refractivity contribution in [3.63, 3.8) is 0 Å². The van der Waals surface area contributed by atoms with Crippen LogP contribution in [0.25, 0.3) is 10.8 Å². The van der Waals surface area contributed by atoms with Gasteiger partial charge in [0, 0.05) is 5.39 Å². The zero-order valence-electron chi connectivity index (χ0n) is 11.7. The standard InChI is InChI=1S/C19H18O/c1-2-6-15-11-13-17(14-12-15)20-19-10-5-8-16-7-3-4-9-18(16)19/h3-5,7-14H,2,6H2,1H3. The summed E-state index contributed by atoms with van der Waals surface area (Å²) in [7, 11) is 0. The van der Waals surface area contributed by atoms with Crippen LogP contribution in [-0.2, 0) is 6.42 Å². The monoisotopic (exact) mass is 262 g/mol. The molecule has 1 nitrogen and oxygen atoms in total. The first-order valence-corrected chi connectivity index (χ1v) is 7.11. The van der Waals surface area contributed by atoms with Crippen molar-refractivity contribution in [3.8, 4) is 11.5 Å². The van der Waals surface area contributed by atoms with E-state index in [1.807, 2.05) is 36.4 Å². The van der Waals surface area contributed by atoms with Crippen molar-refractivity contribution in [2.24, 2.45) is 0 Å². The number of fused-ring (bicyclic) bond motifs is 1. The Balaban J connectivity index is 1.89. The molecule has 0 atom stereocenters. The summed E-state index contributed by atoms with van der Waals surface area (Å²) in [6.07, 6.45) is 2.29. The van der Waals surface area contributed by atoms with Gasteiger partial charge in [-0.2, -0.15) is 0 Å². The maximum atomic E-state index is 6.02. The lowest BCUT2D eigenvalue weighted by Gasteiger charge is -2.09. The second-order valence-corrected chi connectivity index (χ2v) is 4.97. The molecule has 0 saturated carbocycles. The van der Waals surface area contributed by atoms with Gasteiger partial charge in [0.15, 0.2) is 0 Å². The Labute approximate surface area is 119 Å². The molecule has 0 aliphatic carbocycles. The highest BCUT2D eigenvalue weighted by molar-refractivity contribution is 5.88. The van der Waals surface area contributed by atoms with Crippen LogP contribution in [0.5, 0.6) is 11.5 Å². The highest BCUT2D eigenvalue weighted by Gasteiger charge is 2.02. The predicted molar refractivity (Wildman–Crippen MR) is 84.5 cm³/mol. The van der Waals surface area contributed by atoms with Gasteiger partial charge in [-0.25, -0.2) is 0 Å². The Morgan fingerprint density at radius 3 is 2.35 bits per heavy atom. The summed E-state index contributed by atoms with van der Waals surface area (Å²) in [5.74, 6) is 1.80. The minimum absolute atomic E-state index is 0.890. The SMILES string of the molecule is CCCc1ccc(Oc2cccc3ccccc23)cc1. The van der Waals surface area contributed by atoms with E-state index in [0.29, 0.717) is 0 Å². The van der Waals surface area contributed by atoms with Gasteiger partial charge in [-0.3, -0.25) is 0 Å². The molecule has 0 amide bonds. The maximum Gasteiger partial charge on any atom is 0.135 e. The van der Waals surface area contributed by atoms with Crippen molar-refractivity contribution in [1.82, 2.24) is 0 Å². The third-order valence-corrected chi connectivity index (χ3v) is 3.44. The number of ether oxygens (including phenoxy) is 1. The molecule has 20 heavy (non-hydrogen) atoms. The highest BCUT2D eigenvalue weighted by Crippen LogP contribution is 2.29. The second kappa shape index (κ2) is 5.79. The fourth-order valence-electron chi connectivity index (χ4n) is 2.42. The van der Waals surface area contributed by atoms with Crippen LogP contribution in [0.15, 0.2) is 66.7 Å². The summed E-state index contributed by atoms with van der Waals surface area (Å²) in [6, 6.07) is 22.8. The normalized spacial score (nSPS) is 10.7. The van der Waals surface area contributed by atoms with E-state index in [2.05, 4.69) is 37.3 Å². The van der Waals surface area contributed by atoms with E-state index < -0.39 is 0 Å². The van der Waals surface area contributed by atoms with Gasteiger partial charge in [0.05, 0.1) is 0 Å². The molecule has 0 fully saturated rings. The van der Waals surface area contributed by atoms with E-state index >= 15 is 0 Å². The molecule has 0 unspecified atom stereocenters. The average molecular weight is 262 g/mol. The van der Waals surface area contributed by atoms with E-state index in [-0.39, 0.29) is 0 Å². The van der Waals surface area contributed by atoms with Crippen LogP contribution in [0.2, 0.25) is 0 Å². The average Bonchev–Trinajstić information content (AvgIpc) is 2.50. The Morgan fingerprint density at radius 1 is 0.800 bits per heavy atom. The predicted octanol–water partition coefficient (Wildman–Crippen LogP) is 5.58. The summed E-state index contributed by atoms with van der Waals surface area (Å²) in [5, 5.41) is 2.35. The zero-order chi connectivity index (χ0) is 13.8. The van der Waals surface area contributed by atoms with Crippen molar-refractivity contribution >= 4 is 10.8 Å². The molecule has 3 aromatic carbocycles. The first kappa shape index (κ1) is 12.7. The molecule has 3 rings (SSSR count). The van der Waals surface area contributed by atoms with Crippen molar-refractivity contribution in [3.05, 3.63) is 72.3 Å². The largest absolute Gasteiger partial charge is 0.457 e. The number of aryl methyl sites for hydroxylation is 1. The van der Waals surface area contributed by atoms with E-state index in [0.717, 1.165) is 23.3 Å². The summed E-state index contributed by atoms with van der Waals surface area (Å²) in [6.45, 7) is 2.19. The summed E-state index contributed by atoms with van der Waals surface area (Å²) in [5.41, 5.74) is 1.36. The van der Waals surface area contributed by atoms with Crippen molar-refractivity contribution < 1.29 is 4.74 Å². The van der Waals surface area contributed by atoms with Gasteiger partial charge in [0.25, 0.3) is 0 Å². The summed E-state index contributed by atoms with van der Waals surface area (Å²) in [4.78, 5) is 0. The van der Waals surface area contributed by atoms with Gasteiger partial charge in [-0.05, 0) is 35.6 Å². The van der Waals surface area contributed by atoms with Gasteiger partial charge in [-0.15, -0.1) is 0 Å². The molecule has 0 N–H and O–H groups in total. The zero-order valence-corrected chi connectivity index (χ0v) is 11.7. The molecule has 100 valence electrons. The number of hydrogen-bond acceptors (Lipinski definition) is 1. The van der Waals surface area contributed by atoms with Crippen LogP contribution in [-0.4, -0.2) is 0 Å². The Kier molecular flexibility index (Phi) is 3.69. The van der Waals surface area contributed by atoms with E-state index in [9.17, 15) is 0 Å². The van der Waals surface area contributed by atoms with Crippen molar-refractivity contribution in [1.29, 1.82) is 0 Å². The molecule has 0 aromatic heterocycles. The van der Waals surface area contributed by atoms with Crippen LogP contribution in [0.3, 0.4) is 0 Å². The maximum absolute atomic E-state index is 6.02. The van der Waals surface area contributed by atoms with Gasteiger partial charge < -0.3 is 4.74 Å². The Hall–Kier alpha value is -2.28. The van der Waals surface area contributed by atoms with Crippen LogP contribution < -0.4 is 4.74 Å². The lowest BCUT2D eigenvalue weighted by Crippen LogP contribution is -1.87. The van der Waals surface area contributed by atoms with Gasteiger partial charge in [-0.1, -0.05) is 61.9 Å². The molecule has 0 aliphatic rings. The molecule has 0 bridgehead atoms. The lowest BCUT2D eigenvalue weighted by molar-refractivity contribution is 0.488. The second-order valence-electron chi connectivity index (χ2n) is 4.97. The molecule has 0 radical (unpaired) electrons. The minimum atomic E-state index is 0.890. The van der Waals surface area contributed by atoms with Crippen molar-refractivity contribution in [2.75, 3.05) is 0 Å². The molecule has 0 aliphatic heterocycles. The highest BCUT2D eigenvalue weighted by atomic mass is 16.5. The van der Waals surface area contributed by atoms with Crippen LogP contribution in [0.4, 0.5) is 0 Å². The van der Waals surface area contributed by atoms with Gasteiger partial charge in [0.2, 0.25) is 0 Å². The molecule has 3 aromatic rings. The number of benzene rings is 3. The minimum Gasteiger partial charge on any atom is -0.457 e. The van der Waals surface area contributed by atoms with Gasteiger partial charge >= 0.3 is 0 Å². The molecular weight excluding hydrogens is 244 g/mol. The number of hydrogen-bond donors (Lipinski definition) is 0. The third kappa shape index (κ3) is 2.67. The van der Waals surface area contributed by atoms with E-state index in [1.165, 1.54) is 17.4 Å². The fraction of sp³-hybridized carbons (Fsp3) is 0.158. The Morgan fingerprint density at radius 2 is 1.55 bits per heavy atom. The molecule has 0 spiro atoms. The first-order chi connectivity index (χ1) is 9.86. The quantitative estimate of drug-likeness (QED) is 0.596. The smallest absolute Gasteiger partial charge is 0.135 e. The van der Waals surface area contributed by atoms with Crippen LogP contribution in [0, 0.1) is 0 Å². The summed E-state index contributed by atoms with van der Waals surface area (Å²) < 4.78 is 6.02. The van der Waals surface area contributed by atoms with E-state index in [1.54, 1.807) is 0 Å². The van der Waals surface area contributed by atoms with Gasteiger partial charge in [0.1, 0.15) is 11.5 Å². The molecule has 1 heteroatoms. The topological polar surface area (TPSA) is 9.23 Å². The fourth-order valence-corrected chi connectivity index (χ4v) is 2.42. The van der Waals surface area contributed by atoms with Crippen LogP contribution >= 0.6 is 0 Å². The van der Waals surface area contributed by atoms with Crippen LogP contribution in [0.1, 0.15) is 18.9 Å². The third-order valence-electron chi connectivity index (χ3n) is 3.44. The first-order valence-electron chi connectivity index (χ1n) is 7.11. The van der Waals surface area contributed by atoms with Crippen molar-refractivity contribution in [2.45, 2.75) is 19.8 Å². The molecule has 0 heterocycles. The molecule has 0 saturated heterocycles. The Bertz CT molecular complexity index is 693. The number of rotatable bonds is 4. The van der Waals surface area contributed by atoms with E-state index in [4.69, 9.17) is 4.74 Å².